The van der Waals surface area contributed by atoms with E-state index in [0.29, 0.717) is 25.2 Å². The standard InChI is InChI=1S/C24H26N4O5/c1-23(2,3)33-22(32)28(4)7-5-6-14-8-17-19(26-12-14)27-21(31)24(17)10-15-9-16(20(29)30)13-25-18(15)11-24/h5-6,8-9,12-13H,7,10-11H2,1-4H3,(H,29,30)(H,26,27,31)/b6-5+/t24-/m0/s1. The van der Waals surface area contributed by atoms with Gasteiger partial charge in [-0.05, 0) is 50.5 Å². The zero-order valence-electron chi connectivity index (χ0n) is 19.0. The number of amides is 2. The van der Waals surface area contributed by atoms with E-state index in [1.54, 1.807) is 19.3 Å². The van der Waals surface area contributed by atoms with Crippen LogP contribution in [0.15, 0.2) is 30.6 Å². The molecule has 0 aromatic carbocycles. The highest BCUT2D eigenvalue weighted by Crippen LogP contribution is 2.46. The van der Waals surface area contributed by atoms with E-state index < -0.39 is 23.1 Å². The van der Waals surface area contributed by atoms with Gasteiger partial charge in [0.05, 0.1) is 11.0 Å². The van der Waals surface area contributed by atoms with Gasteiger partial charge in [-0.25, -0.2) is 14.6 Å². The van der Waals surface area contributed by atoms with Crippen molar-refractivity contribution in [3.8, 4) is 0 Å². The van der Waals surface area contributed by atoms with Crippen molar-refractivity contribution in [2.75, 3.05) is 18.9 Å². The van der Waals surface area contributed by atoms with Crippen LogP contribution in [0.2, 0.25) is 0 Å². The number of nitrogens with one attached hydrogen (secondary N) is 1. The number of carbonyl (C=O) groups excluding carboxylic acids is 2. The molecular formula is C24H26N4O5. The molecule has 0 radical (unpaired) electrons. The summed E-state index contributed by atoms with van der Waals surface area (Å²) in [6.45, 7) is 5.79. The predicted octanol–water partition coefficient (Wildman–Crippen LogP) is 3.04. The first-order valence-corrected chi connectivity index (χ1v) is 10.6. The molecule has 1 spiro atoms. The van der Waals surface area contributed by atoms with Crippen LogP contribution >= 0.6 is 0 Å². The molecule has 2 aliphatic rings. The number of likely N-dealkylation sites (N-methyl/N-ethyl adjacent to an activating group) is 1. The number of ether oxygens (including phenoxy) is 1. The van der Waals surface area contributed by atoms with Crippen molar-refractivity contribution in [2.45, 2.75) is 44.6 Å². The summed E-state index contributed by atoms with van der Waals surface area (Å²) < 4.78 is 5.34. The molecule has 172 valence electrons. The quantitative estimate of drug-likeness (QED) is 0.734. The largest absolute Gasteiger partial charge is 0.478 e. The highest BCUT2D eigenvalue weighted by molar-refractivity contribution is 6.06. The average Bonchev–Trinajstić information content (AvgIpc) is 3.24. The van der Waals surface area contributed by atoms with Crippen LogP contribution in [0.25, 0.3) is 6.08 Å². The molecule has 9 heteroatoms. The summed E-state index contributed by atoms with van der Waals surface area (Å²) in [6, 6.07) is 3.50. The summed E-state index contributed by atoms with van der Waals surface area (Å²) >= 11 is 0. The summed E-state index contributed by atoms with van der Waals surface area (Å²) in [5.41, 5.74) is 1.73. The van der Waals surface area contributed by atoms with Crippen molar-refractivity contribution in [3.05, 3.63) is 58.6 Å². The Hall–Kier alpha value is -3.75. The van der Waals surface area contributed by atoms with Crippen LogP contribution < -0.4 is 5.32 Å². The van der Waals surface area contributed by atoms with Crippen LogP contribution in [0.4, 0.5) is 10.6 Å². The second-order valence-electron chi connectivity index (χ2n) is 9.45. The number of fused-ring (bicyclic) bond motifs is 3. The van der Waals surface area contributed by atoms with Crippen molar-refractivity contribution in [3.63, 3.8) is 0 Å². The van der Waals surface area contributed by atoms with Crippen LogP contribution in [0.5, 0.6) is 0 Å². The third-order valence-corrected chi connectivity index (χ3v) is 5.75. The van der Waals surface area contributed by atoms with Gasteiger partial charge in [0.1, 0.15) is 11.4 Å². The van der Waals surface area contributed by atoms with Crippen LogP contribution in [0.1, 0.15) is 53.5 Å². The number of carboxylic acids is 1. The number of aromatic nitrogens is 2. The minimum Gasteiger partial charge on any atom is -0.478 e. The van der Waals surface area contributed by atoms with Crippen molar-refractivity contribution < 1.29 is 24.2 Å². The molecule has 2 aromatic rings. The number of pyridine rings is 2. The summed E-state index contributed by atoms with van der Waals surface area (Å²) in [5.74, 6) is -0.701. The highest BCUT2D eigenvalue weighted by atomic mass is 16.6. The Morgan fingerprint density at radius 3 is 2.70 bits per heavy atom. The number of hydrogen-bond acceptors (Lipinski definition) is 6. The normalized spacial score (nSPS) is 18.8. The van der Waals surface area contributed by atoms with E-state index in [4.69, 9.17) is 4.74 Å². The summed E-state index contributed by atoms with van der Waals surface area (Å²) in [6.07, 6.45) is 6.99. The second kappa shape index (κ2) is 7.99. The molecular weight excluding hydrogens is 424 g/mol. The van der Waals surface area contributed by atoms with Crippen LogP contribution in [0.3, 0.4) is 0 Å². The molecule has 0 fully saturated rings. The molecule has 2 amide bonds. The fourth-order valence-corrected chi connectivity index (χ4v) is 4.14. The van der Waals surface area contributed by atoms with E-state index in [0.717, 1.165) is 22.4 Å². The number of carbonyl (C=O) groups is 3. The highest BCUT2D eigenvalue weighted by Gasteiger charge is 2.51. The maximum Gasteiger partial charge on any atom is 0.410 e. The fourth-order valence-electron chi connectivity index (χ4n) is 4.14. The molecule has 0 saturated heterocycles. The van der Waals surface area contributed by atoms with Crippen molar-refractivity contribution in [1.29, 1.82) is 0 Å². The zero-order chi connectivity index (χ0) is 24.0. The van der Waals surface area contributed by atoms with E-state index in [1.807, 2.05) is 39.0 Å². The SMILES string of the molecule is CN(C/C=C/c1cnc2c(c1)[C@@]1(Cc3cc(C(=O)O)cnc3C1)C(=O)N2)C(=O)OC(C)(C)C. The molecule has 1 aliphatic heterocycles. The summed E-state index contributed by atoms with van der Waals surface area (Å²) in [4.78, 5) is 46.6. The lowest BCUT2D eigenvalue weighted by molar-refractivity contribution is -0.120. The Morgan fingerprint density at radius 2 is 2.00 bits per heavy atom. The maximum atomic E-state index is 13.0. The molecule has 4 rings (SSSR count). The van der Waals surface area contributed by atoms with Crippen LogP contribution in [0, 0.1) is 0 Å². The van der Waals surface area contributed by atoms with Gasteiger partial charge in [0.25, 0.3) is 0 Å². The maximum absolute atomic E-state index is 13.0. The first-order valence-electron chi connectivity index (χ1n) is 10.6. The third kappa shape index (κ3) is 4.30. The number of nitrogens with zero attached hydrogens (tertiary/aromatic N) is 3. The fraction of sp³-hybridized carbons (Fsp3) is 0.375. The number of rotatable bonds is 4. The minimum atomic E-state index is -1.05. The Labute approximate surface area is 191 Å². The minimum absolute atomic E-state index is 0.105. The van der Waals surface area contributed by atoms with Gasteiger partial charge in [-0.2, -0.15) is 0 Å². The van der Waals surface area contributed by atoms with E-state index in [2.05, 4.69) is 15.3 Å². The third-order valence-electron chi connectivity index (χ3n) is 5.75. The Morgan fingerprint density at radius 1 is 1.24 bits per heavy atom. The monoisotopic (exact) mass is 450 g/mol. The summed E-state index contributed by atoms with van der Waals surface area (Å²) in [7, 11) is 1.66. The number of anilines is 1. The first kappa shape index (κ1) is 22.4. The zero-order valence-corrected chi connectivity index (χ0v) is 19.0. The van der Waals surface area contributed by atoms with Crippen molar-refractivity contribution in [2.24, 2.45) is 0 Å². The van der Waals surface area contributed by atoms with Crippen molar-refractivity contribution >= 4 is 29.9 Å². The van der Waals surface area contributed by atoms with Gasteiger partial charge in [0.15, 0.2) is 0 Å². The van der Waals surface area contributed by atoms with Crippen molar-refractivity contribution in [1.82, 2.24) is 14.9 Å². The molecule has 1 aliphatic carbocycles. The van der Waals surface area contributed by atoms with E-state index in [1.165, 1.54) is 11.1 Å². The van der Waals surface area contributed by atoms with Gasteiger partial charge in [-0.1, -0.05) is 12.2 Å². The lowest BCUT2D eigenvalue weighted by Crippen LogP contribution is -2.35. The number of hydrogen-bond donors (Lipinski definition) is 2. The van der Waals surface area contributed by atoms with E-state index in [-0.39, 0.29) is 11.5 Å². The molecule has 3 heterocycles. The van der Waals surface area contributed by atoms with Crippen LogP contribution in [-0.4, -0.2) is 57.1 Å². The lowest BCUT2D eigenvalue weighted by Gasteiger charge is -2.23. The van der Waals surface area contributed by atoms with E-state index in [9.17, 15) is 19.5 Å². The Balaban J connectivity index is 1.54. The lowest BCUT2D eigenvalue weighted by atomic mass is 9.79. The molecule has 0 saturated carbocycles. The van der Waals surface area contributed by atoms with Gasteiger partial charge >= 0.3 is 12.1 Å². The predicted molar refractivity (Wildman–Crippen MR) is 121 cm³/mol. The molecule has 9 nitrogen and oxygen atoms in total. The van der Waals surface area contributed by atoms with Gasteiger partial charge in [-0.15, -0.1) is 0 Å². The molecule has 33 heavy (non-hydrogen) atoms. The Bertz CT molecular complexity index is 1180. The Kier molecular flexibility index (Phi) is 5.43. The van der Waals surface area contributed by atoms with E-state index >= 15 is 0 Å². The molecule has 2 aromatic heterocycles. The van der Waals surface area contributed by atoms with Gasteiger partial charge in [0.2, 0.25) is 5.91 Å². The molecule has 2 N–H and O–H groups in total. The smallest absolute Gasteiger partial charge is 0.410 e. The molecule has 0 unspecified atom stereocenters. The number of aromatic carboxylic acids is 1. The topological polar surface area (TPSA) is 122 Å². The number of carboxylic acid groups (broad SMARTS) is 1. The first-order chi connectivity index (χ1) is 15.5. The summed E-state index contributed by atoms with van der Waals surface area (Å²) in [5, 5.41) is 12.1. The molecule has 0 bridgehead atoms. The van der Waals surface area contributed by atoms with Gasteiger partial charge < -0.3 is 20.1 Å². The van der Waals surface area contributed by atoms with Gasteiger partial charge in [-0.3, -0.25) is 9.78 Å². The average molecular weight is 450 g/mol. The van der Waals surface area contributed by atoms with Crippen LogP contribution in [-0.2, 0) is 27.8 Å². The second-order valence-corrected chi connectivity index (χ2v) is 9.45. The molecule has 1 atom stereocenters. The van der Waals surface area contributed by atoms with Gasteiger partial charge in [0, 0.05) is 43.7 Å².